The Bertz CT molecular complexity index is 115. The summed E-state index contributed by atoms with van der Waals surface area (Å²) in [6, 6.07) is 0. The molecule has 0 radical (unpaired) electrons. The summed E-state index contributed by atoms with van der Waals surface area (Å²) in [5, 5.41) is 0. The van der Waals surface area contributed by atoms with Crippen LogP contribution in [0.25, 0.3) is 0 Å². The molecule has 0 aliphatic rings. The van der Waals surface area contributed by atoms with Crippen LogP contribution < -0.4 is 0 Å². The number of hydrogen-bond donors (Lipinski definition) is 0. The Morgan fingerprint density at radius 2 is 1.21 bits per heavy atom. The lowest BCUT2D eigenvalue weighted by molar-refractivity contribution is -0.923. The van der Waals surface area contributed by atoms with Crippen LogP contribution in [0.3, 0.4) is 0 Å². The molecule has 0 amide bonds. The van der Waals surface area contributed by atoms with Crippen LogP contribution in [0.5, 0.6) is 0 Å². The fraction of sp³-hybridized carbons (Fsp3) is 1.00. The van der Waals surface area contributed by atoms with Gasteiger partial charge in [-0.25, -0.2) is 0 Å². The first kappa shape index (κ1) is 14.0. The Morgan fingerprint density at radius 1 is 0.786 bits per heavy atom. The molecule has 0 heterocycles. The molecular weight excluding hydrogens is 170 g/mol. The van der Waals surface area contributed by atoms with Crippen LogP contribution in [-0.2, 0) is 0 Å². The van der Waals surface area contributed by atoms with Gasteiger partial charge in [-0.1, -0.05) is 26.7 Å². The van der Waals surface area contributed by atoms with Crippen LogP contribution in [0.4, 0.5) is 0 Å². The Morgan fingerprint density at radius 3 is 1.50 bits per heavy atom. The maximum absolute atomic E-state index is 2.33. The van der Waals surface area contributed by atoms with Crippen molar-refractivity contribution in [2.75, 3.05) is 26.2 Å². The van der Waals surface area contributed by atoms with E-state index in [4.69, 9.17) is 0 Å². The van der Waals surface area contributed by atoms with Gasteiger partial charge in [0.2, 0.25) is 0 Å². The zero-order chi connectivity index (χ0) is 11.0. The predicted octanol–water partition coefficient (Wildman–Crippen LogP) is 3.69. The molecule has 0 aliphatic carbocycles. The Balaban J connectivity index is 4.04. The Kier molecular flexibility index (Phi) is 7.26. The van der Waals surface area contributed by atoms with E-state index in [1.807, 2.05) is 0 Å². The molecule has 0 unspecified atom stereocenters. The van der Waals surface area contributed by atoms with Crippen molar-refractivity contribution in [1.29, 1.82) is 0 Å². The zero-order valence-corrected chi connectivity index (χ0v) is 11.0. The van der Waals surface area contributed by atoms with Crippen molar-refractivity contribution in [3.8, 4) is 0 Å². The third-order valence-corrected chi connectivity index (χ3v) is 4.18. The van der Waals surface area contributed by atoms with E-state index in [2.05, 4.69) is 34.6 Å². The zero-order valence-electron chi connectivity index (χ0n) is 11.0. The molecule has 1 nitrogen and oxygen atoms in total. The minimum atomic E-state index is 0.956. The molecule has 0 saturated heterocycles. The third kappa shape index (κ3) is 4.00. The largest absolute Gasteiger partial charge is 0.324 e. The summed E-state index contributed by atoms with van der Waals surface area (Å²) in [7, 11) is 0. The van der Waals surface area contributed by atoms with Crippen LogP contribution >= 0.6 is 0 Å². The summed E-state index contributed by atoms with van der Waals surface area (Å²) in [4.78, 5) is 0. The van der Waals surface area contributed by atoms with Crippen molar-refractivity contribution in [3.05, 3.63) is 0 Å². The average Bonchev–Trinajstić information content (AvgIpc) is 2.26. The van der Waals surface area contributed by atoms with Crippen LogP contribution in [0.2, 0.25) is 0 Å². The summed E-state index contributed by atoms with van der Waals surface area (Å²) < 4.78 is 1.32. The molecule has 0 aromatic carbocycles. The van der Waals surface area contributed by atoms with Gasteiger partial charge in [-0.05, 0) is 33.1 Å². The molecule has 0 aliphatic heterocycles. The van der Waals surface area contributed by atoms with Gasteiger partial charge >= 0.3 is 0 Å². The second-order valence-corrected chi connectivity index (χ2v) is 4.49. The van der Waals surface area contributed by atoms with E-state index < -0.39 is 0 Å². The van der Waals surface area contributed by atoms with Crippen molar-refractivity contribution in [2.24, 2.45) is 5.92 Å². The van der Waals surface area contributed by atoms with Crippen molar-refractivity contribution in [3.63, 3.8) is 0 Å². The first-order chi connectivity index (χ1) is 6.67. The SMILES string of the molecule is CCC(CC)CC[N+](CC)(CC)CC. The summed E-state index contributed by atoms with van der Waals surface area (Å²) >= 11 is 0. The lowest BCUT2D eigenvalue weighted by Crippen LogP contribution is -2.48. The van der Waals surface area contributed by atoms with E-state index >= 15 is 0 Å². The van der Waals surface area contributed by atoms with E-state index in [0.717, 1.165) is 5.92 Å². The molecule has 0 rings (SSSR count). The highest BCUT2D eigenvalue weighted by Gasteiger charge is 2.21. The first-order valence-corrected chi connectivity index (χ1v) is 6.53. The third-order valence-electron chi connectivity index (χ3n) is 4.18. The van der Waals surface area contributed by atoms with Crippen molar-refractivity contribution < 1.29 is 4.48 Å². The second-order valence-electron chi connectivity index (χ2n) is 4.49. The molecule has 0 fully saturated rings. The van der Waals surface area contributed by atoms with Gasteiger partial charge in [0.25, 0.3) is 0 Å². The van der Waals surface area contributed by atoms with Gasteiger partial charge in [0.15, 0.2) is 0 Å². The van der Waals surface area contributed by atoms with Crippen molar-refractivity contribution in [1.82, 2.24) is 0 Å². The first-order valence-electron chi connectivity index (χ1n) is 6.53. The molecule has 0 atom stereocenters. The summed E-state index contributed by atoms with van der Waals surface area (Å²) in [5.74, 6) is 0.956. The Hall–Kier alpha value is -0.0400. The lowest BCUT2D eigenvalue weighted by Gasteiger charge is -2.36. The summed E-state index contributed by atoms with van der Waals surface area (Å²) in [5.41, 5.74) is 0. The van der Waals surface area contributed by atoms with E-state index in [1.54, 1.807) is 0 Å². The van der Waals surface area contributed by atoms with E-state index in [0.29, 0.717) is 0 Å². The van der Waals surface area contributed by atoms with Crippen LogP contribution in [0, 0.1) is 5.92 Å². The maximum atomic E-state index is 2.33. The molecule has 0 N–H and O–H groups in total. The highest BCUT2D eigenvalue weighted by molar-refractivity contribution is 4.54. The van der Waals surface area contributed by atoms with Gasteiger partial charge in [-0.15, -0.1) is 0 Å². The lowest BCUT2D eigenvalue weighted by atomic mass is 9.98. The quantitative estimate of drug-likeness (QED) is 0.524. The van der Waals surface area contributed by atoms with Crippen molar-refractivity contribution in [2.45, 2.75) is 53.9 Å². The Labute approximate surface area is 91.1 Å². The predicted molar refractivity (Wildman–Crippen MR) is 65.4 cm³/mol. The number of rotatable bonds is 8. The maximum Gasteiger partial charge on any atom is 0.0789 e. The number of hydrogen-bond acceptors (Lipinski definition) is 0. The van der Waals surface area contributed by atoms with Gasteiger partial charge in [-0.2, -0.15) is 0 Å². The average molecular weight is 200 g/mol. The number of nitrogens with zero attached hydrogens (tertiary/aromatic N) is 1. The highest BCUT2D eigenvalue weighted by atomic mass is 15.3. The molecule has 0 saturated carbocycles. The van der Waals surface area contributed by atoms with E-state index in [9.17, 15) is 0 Å². The molecule has 0 aromatic rings. The molecular formula is C13H30N+. The summed E-state index contributed by atoms with van der Waals surface area (Å²) in [6.45, 7) is 16.9. The fourth-order valence-corrected chi connectivity index (χ4v) is 2.30. The molecule has 1 heteroatoms. The topological polar surface area (TPSA) is 0 Å². The van der Waals surface area contributed by atoms with Crippen LogP contribution in [0.1, 0.15) is 53.9 Å². The molecule has 86 valence electrons. The second kappa shape index (κ2) is 7.28. The smallest absolute Gasteiger partial charge is 0.0789 e. The molecule has 0 aromatic heterocycles. The standard InChI is InChI=1S/C13H30N/c1-6-13(7-2)11-12-14(8-3,9-4)10-5/h13H,6-12H2,1-5H3/q+1. The van der Waals surface area contributed by atoms with Crippen LogP contribution in [0.15, 0.2) is 0 Å². The monoisotopic (exact) mass is 200 g/mol. The van der Waals surface area contributed by atoms with Crippen LogP contribution in [-0.4, -0.2) is 30.7 Å². The minimum absolute atomic E-state index is 0.956. The minimum Gasteiger partial charge on any atom is -0.324 e. The summed E-state index contributed by atoms with van der Waals surface area (Å²) in [6.07, 6.45) is 4.13. The molecule has 0 bridgehead atoms. The van der Waals surface area contributed by atoms with E-state index in [-0.39, 0.29) is 0 Å². The molecule has 0 spiro atoms. The van der Waals surface area contributed by atoms with E-state index in [1.165, 1.54) is 49.9 Å². The number of quaternary nitrogens is 1. The highest BCUT2D eigenvalue weighted by Crippen LogP contribution is 2.16. The van der Waals surface area contributed by atoms with Gasteiger partial charge in [0.1, 0.15) is 0 Å². The van der Waals surface area contributed by atoms with Gasteiger partial charge in [-0.3, -0.25) is 0 Å². The van der Waals surface area contributed by atoms with Gasteiger partial charge < -0.3 is 4.48 Å². The molecule has 14 heavy (non-hydrogen) atoms. The van der Waals surface area contributed by atoms with Gasteiger partial charge in [0, 0.05) is 0 Å². The van der Waals surface area contributed by atoms with Gasteiger partial charge in [0.05, 0.1) is 26.2 Å². The van der Waals surface area contributed by atoms with Crippen molar-refractivity contribution >= 4 is 0 Å². The normalized spacial score (nSPS) is 12.4. The fourth-order valence-electron chi connectivity index (χ4n) is 2.30.